The standard InChI is InChI=1S/C35H29N3O8S/c1-5-45-34(40)30-31(21-9-7-6-8-10-21)36-35-37(32(30)22-12-15-27(43-3)28(18-22)44-4)33(39)29(47-35)19-23-13-16-26(46-23)24-14-11-20(2)17-25(24)38(41)42/h6-19,32H,5H2,1-4H3/b29-19-/t32-/m1/s1. The molecule has 0 fully saturated rings. The number of methoxy groups -OCH3 is 2. The van der Waals surface area contributed by atoms with Gasteiger partial charge in [-0.2, -0.15) is 0 Å². The molecule has 0 spiro atoms. The number of fused-ring (bicyclic) bond motifs is 1. The lowest BCUT2D eigenvalue weighted by atomic mass is 9.93. The van der Waals surface area contributed by atoms with Crippen LogP contribution in [0.25, 0.3) is 23.1 Å². The summed E-state index contributed by atoms with van der Waals surface area (Å²) in [6, 6.07) is 21.6. The van der Waals surface area contributed by atoms with Gasteiger partial charge in [-0.25, -0.2) is 9.79 Å². The van der Waals surface area contributed by atoms with Crippen molar-refractivity contribution in [2.45, 2.75) is 19.9 Å². The summed E-state index contributed by atoms with van der Waals surface area (Å²) in [6.07, 6.45) is 1.56. The second kappa shape index (κ2) is 12.9. The highest BCUT2D eigenvalue weighted by Gasteiger charge is 2.35. The van der Waals surface area contributed by atoms with Crippen molar-refractivity contribution in [3.8, 4) is 22.8 Å². The van der Waals surface area contributed by atoms with Gasteiger partial charge in [-0.15, -0.1) is 0 Å². The molecule has 0 aliphatic carbocycles. The summed E-state index contributed by atoms with van der Waals surface area (Å²) >= 11 is 1.13. The zero-order chi connectivity index (χ0) is 33.2. The average molecular weight is 652 g/mol. The minimum absolute atomic E-state index is 0.0832. The zero-order valence-corrected chi connectivity index (χ0v) is 26.7. The Labute approximate surface area is 272 Å². The van der Waals surface area contributed by atoms with Crippen LogP contribution >= 0.6 is 11.3 Å². The van der Waals surface area contributed by atoms with Gasteiger partial charge in [0.25, 0.3) is 11.2 Å². The molecule has 47 heavy (non-hydrogen) atoms. The monoisotopic (exact) mass is 651 g/mol. The molecule has 6 rings (SSSR count). The second-order valence-corrected chi connectivity index (χ2v) is 11.5. The van der Waals surface area contributed by atoms with E-state index in [2.05, 4.69) is 0 Å². The maximum atomic E-state index is 14.2. The van der Waals surface area contributed by atoms with E-state index in [1.807, 2.05) is 30.3 Å². The molecule has 0 unspecified atom stereocenters. The summed E-state index contributed by atoms with van der Waals surface area (Å²) < 4.78 is 24.3. The largest absolute Gasteiger partial charge is 0.493 e. The van der Waals surface area contributed by atoms with Gasteiger partial charge in [0.05, 0.1) is 53.2 Å². The number of carbonyl (C=O) groups excluding carboxylic acids is 1. The number of ether oxygens (including phenoxy) is 3. The van der Waals surface area contributed by atoms with Crippen molar-refractivity contribution >= 4 is 34.8 Å². The summed E-state index contributed by atoms with van der Waals surface area (Å²) in [5.74, 6) is 0.892. The molecule has 0 radical (unpaired) electrons. The number of aryl methyl sites for hydroxylation is 1. The van der Waals surface area contributed by atoms with Crippen molar-refractivity contribution in [2.24, 2.45) is 4.99 Å². The fourth-order valence-corrected chi connectivity index (χ4v) is 6.47. The summed E-state index contributed by atoms with van der Waals surface area (Å²) in [5, 5.41) is 11.7. The minimum atomic E-state index is -0.926. The van der Waals surface area contributed by atoms with Gasteiger partial charge in [0.2, 0.25) is 0 Å². The van der Waals surface area contributed by atoms with E-state index in [-0.39, 0.29) is 28.2 Å². The summed E-state index contributed by atoms with van der Waals surface area (Å²) in [6.45, 7) is 3.60. The fraction of sp³-hybridized carbons (Fsp3) is 0.171. The first-order valence-electron chi connectivity index (χ1n) is 14.6. The molecule has 12 heteroatoms. The number of furan rings is 1. The Morgan fingerprint density at radius 2 is 1.81 bits per heavy atom. The molecular weight excluding hydrogens is 622 g/mol. The predicted molar refractivity (Wildman–Crippen MR) is 176 cm³/mol. The number of aromatic nitrogens is 1. The third-order valence-electron chi connectivity index (χ3n) is 7.61. The van der Waals surface area contributed by atoms with Crippen molar-refractivity contribution in [2.75, 3.05) is 20.8 Å². The normalized spacial score (nSPS) is 14.4. The first-order chi connectivity index (χ1) is 22.7. The lowest BCUT2D eigenvalue weighted by Crippen LogP contribution is -2.40. The van der Waals surface area contributed by atoms with Gasteiger partial charge < -0.3 is 18.6 Å². The van der Waals surface area contributed by atoms with Crippen LogP contribution in [0.5, 0.6) is 11.5 Å². The molecule has 1 atom stereocenters. The van der Waals surface area contributed by atoms with Gasteiger partial charge >= 0.3 is 5.97 Å². The molecule has 0 N–H and O–H groups in total. The van der Waals surface area contributed by atoms with Gasteiger partial charge in [-0.1, -0.05) is 53.8 Å². The first-order valence-corrected chi connectivity index (χ1v) is 15.4. The van der Waals surface area contributed by atoms with Crippen LogP contribution in [0, 0.1) is 17.0 Å². The second-order valence-electron chi connectivity index (χ2n) is 10.5. The maximum absolute atomic E-state index is 14.2. The van der Waals surface area contributed by atoms with Crippen LogP contribution in [0.15, 0.2) is 98.6 Å². The summed E-state index contributed by atoms with van der Waals surface area (Å²) in [7, 11) is 3.03. The Morgan fingerprint density at radius 1 is 1.04 bits per heavy atom. The van der Waals surface area contributed by atoms with E-state index in [1.54, 1.807) is 62.4 Å². The highest BCUT2D eigenvalue weighted by atomic mass is 32.1. The number of esters is 1. The lowest BCUT2D eigenvalue weighted by Gasteiger charge is -2.26. The molecule has 0 bridgehead atoms. The zero-order valence-electron chi connectivity index (χ0n) is 25.9. The van der Waals surface area contributed by atoms with Crippen molar-refractivity contribution < 1.29 is 28.3 Å². The summed E-state index contributed by atoms with van der Waals surface area (Å²) in [4.78, 5) is 44.4. The van der Waals surface area contributed by atoms with Crippen molar-refractivity contribution in [1.29, 1.82) is 0 Å². The van der Waals surface area contributed by atoms with Crippen LogP contribution in [0.1, 0.15) is 35.4 Å². The van der Waals surface area contributed by atoms with Crippen LogP contribution in [0.3, 0.4) is 0 Å². The van der Waals surface area contributed by atoms with Crippen LogP contribution in [0.4, 0.5) is 5.69 Å². The molecule has 238 valence electrons. The Hall–Kier alpha value is -5.75. The van der Waals surface area contributed by atoms with E-state index in [4.69, 9.17) is 23.6 Å². The van der Waals surface area contributed by atoms with Gasteiger partial charge in [0, 0.05) is 17.7 Å². The molecule has 3 heterocycles. The molecular formula is C35H29N3O8S. The van der Waals surface area contributed by atoms with E-state index in [0.717, 1.165) is 16.9 Å². The number of thiazole rings is 1. The quantitative estimate of drug-likeness (QED) is 0.117. The number of nitro groups is 1. The predicted octanol–water partition coefficient (Wildman–Crippen LogP) is 5.43. The molecule has 1 aliphatic heterocycles. The third-order valence-corrected chi connectivity index (χ3v) is 8.60. The highest BCUT2D eigenvalue weighted by Crippen LogP contribution is 2.38. The molecule has 0 amide bonds. The Morgan fingerprint density at radius 3 is 2.51 bits per heavy atom. The molecule has 1 aliphatic rings. The van der Waals surface area contributed by atoms with E-state index in [0.29, 0.717) is 44.4 Å². The van der Waals surface area contributed by atoms with Crippen LogP contribution in [0.2, 0.25) is 0 Å². The van der Waals surface area contributed by atoms with Gasteiger partial charge in [0.1, 0.15) is 11.5 Å². The van der Waals surface area contributed by atoms with E-state index < -0.39 is 22.5 Å². The Bertz CT molecular complexity index is 2230. The van der Waals surface area contributed by atoms with Gasteiger partial charge in [-0.3, -0.25) is 19.5 Å². The number of nitrogens with zero attached hydrogens (tertiary/aromatic N) is 3. The van der Waals surface area contributed by atoms with E-state index in [1.165, 1.54) is 24.9 Å². The number of carbonyl (C=O) groups is 1. The van der Waals surface area contributed by atoms with Crippen molar-refractivity contribution in [3.63, 3.8) is 0 Å². The molecule has 0 saturated heterocycles. The van der Waals surface area contributed by atoms with Gasteiger partial charge in [-0.05, 0) is 55.3 Å². The number of hydrogen-bond donors (Lipinski definition) is 0. The number of benzene rings is 3. The molecule has 3 aromatic carbocycles. The topological polar surface area (TPSA) is 135 Å². The molecule has 2 aromatic heterocycles. The average Bonchev–Trinajstić information content (AvgIpc) is 3.67. The minimum Gasteiger partial charge on any atom is -0.493 e. The van der Waals surface area contributed by atoms with Crippen molar-refractivity contribution in [3.05, 3.63) is 137 Å². The Kier molecular flexibility index (Phi) is 8.59. The van der Waals surface area contributed by atoms with E-state index in [9.17, 15) is 19.7 Å². The SMILES string of the molecule is CCOC(=O)C1=C(c2ccccc2)N=c2s/c(=C\c3ccc(-c4ccc(C)cc4[N+](=O)[O-])o3)c(=O)n2[C@@H]1c1ccc(OC)c(OC)c1. The van der Waals surface area contributed by atoms with E-state index >= 15 is 0 Å². The van der Waals surface area contributed by atoms with Crippen molar-refractivity contribution in [1.82, 2.24) is 4.57 Å². The lowest BCUT2D eigenvalue weighted by molar-refractivity contribution is -0.384. The van der Waals surface area contributed by atoms with Gasteiger partial charge in [0.15, 0.2) is 16.3 Å². The Balaban J connectivity index is 1.57. The number of rotatable bonds is 9. The third kappa shape index (κ3) is 5.86. The smallest absolute Gasteiger partial charge is 0.338 e. The molecule has 5 aromatic rings. The number of hydrogen-bond acceptors (Lipinski definition) is 10. The number of nitro benzene ring substituents is 1. The molecule has 0 saturated carbocycles. The first kappa shape index (κ1) is 31.2. The summed E-state index contributed by atoms with van der Waals surface area (Å²) in [5.41, 5.74) is 2.39. The van der Waals surface area contributed by atoms with Crippen LogP contribution in [-0.4, -0.2) is 36.3 Å². The van der Waals surface area contributed by atoms with Crippen LogP contribution in [-0.2, 0) is 9.53 Å². The molecule has 11 nitrogen and oxygen atoms in total. The maximum Gasteiger partial charge on any atom is 0.338 e. The van der Waals surface area contributed by atoms with Crippen LogP contribution < -0.4 is 24.4 Å². The highest BCUT2D eigenvalue weighted by molar-refractivity contribution is 7.07. The fourth-order valence-electron chi connectivity index (χ4n) is 5.48.